The monoisotopic (exact) mass is 341 g/mol. The summed E-state index contributed by atoms with van der Waals surface area (Å²) < 4.78 is 0. The molecule has 2 heterocycles. The van der Waals surface area contributed by atoms with E-state index in [4.69, 9.17) is 4.98 Å². The number of hydrogen-bond donors (Lipinski definition) is 2. The fourth-order valence-electron chi connectivity index (χ4n) is 3.53. The summed E-state index contributed by atoms with van der Waals surface area (Å²) in [6.45, 7) is 5.95. The smallest absolute Gasteiger partial charge is 0.229 e. The number of nitrogens with zero attached hydrogens (tertiary/aromatic N) is 1. The molecule has 1 aromatic heterocycles. The predicted octanol–water partition coefficient (Wildman–Crippen LogP) is 3.40. The molecule has 2 aromatic rings. The standard InChI is InChI=1S/C19H23N3OS/c1-11(16-9-20-10-16)18(23)22-19-21-17(12(2)24-19)15-7-6-13-4-3-5-14(13)8-15/h6-8,11,16,20H,3-5,9-10H2,1-2H3,(H,21,22,23). The number of fused-ring (bicyclic) bond motifs is 1. The lowest BCUT2D eigenvalue weighted by molar-refractivity contribution is -0.121. The number of aryl methyl sites for hydroxylation is 3. The summed E-state index contributed by atoms with van der Waals surface area (Å²) >= 11 is 1.57. The van der Waals surface area contributed by atoms with Gasteiger partial charge in [0.15, 0.2) is 5.13 Å². The summed E-state index contributed by atoms with van der Waals surface area (Å²) in [5.41, 5.74) is 5.10. The zero-order valence-electron chi connectivity index (χ0n) is 14.2. The van der Waals surface area contributed by atoms with E-state index in [-0.39, 0.29) is 11.8 Å². The van der Waals surface area contributed by atoms with Gasteiger partial charge in [0.25, 0.3) is 0 Å². The second-order valence-electron chi connectivity index (χ2n) is 6.96. The molecule has 1 aliphatic heterocycles. The molecule has 4 rings (SSSR count). The van der Waals surface area contributed by atoms with E-state index in [1.54, 1.807) is 11.3 Å². The van der Waals surface area contributed by atoms with Gasteiger partial charge in [0.2, 0.25) is 5.91 Å². The molecule has 0 saturated carbocycles. The van der Waals surface area contributed by atoms with Crippen LogP contribution in [0.3, 0.4) is 0 Å². The minimum Gasteiger partial charge on any atom is -0.316 e. The topological polar surface area (TPSA) is 54.0 Å². The third-order valence-electron chi connectivity index (χ3n) is 5.33. The number of amides is 1. The summed E-state index contributed by atoms with van der Waals surface area (Å²) in [6.07, 6.45) is 3.62. The van der Waals surface area contributed by atoms with Crippen molar-refractivity contribution >= 4 is 22.4 Å². The zero-order valence-corrected chi connectivity index (χ0v) is 15.0. The number of carbonyl (C=O) groups is 1. The molecule has 5 heteroatoms. The first-order valence-corrected chi connectivity index (χ1v) is 9.54. The molecule has 0 spiro atoms. The molecule has 1 saturated heterocycles. The van der Waals surface area contributed by atoms with Gasteiger partial charge in [-0.2, -0.15) is 0 Å². The molecule has 1 atom stereocenters. The molecule has 24 heavy (non-hydrogen) atoms. The van der Waals surface area contributed by atoms with E-state index in [9.17, 15) is 4.79 Å². The van der Waals surface area contributed by atoms with Gasteiger partial charge in [0.1, 0.15) is 0 Å². The molecule has 1 unspecified atom stereocenters. The van der Waals surface area contributed by atoms with Crippen molar-refractivity contribution in [1.82, 2.24) is 10.3 Å². The van der Waals surface area contributed by atoms with Crippen LogP contribution in [0.1, 0.15) is 29.3 Å². The third kappa shape index (κ3) is 2.87. The fraction of sp³-hybridized carbons (Fsp3) is 0.474. The number of thiazole rings is 1. The van der Waals surface area contributed by atoms with Gasteiger partial charge in [-0.15, -0.1) is 11.3 Å². The van der Waals surface area contributed by atoms with Gasteiger partial charge in [-0.25, -0.2) is 4.98 Å². The highest BCUT2D eigenvalue weighted by atomic mass is 32.1. The van der Waals surface area contributed by atoms with Gasteiger partial charge >= 0.3 is 0 Å². The fourth-order valence-corrected chi connectivity index (χ4v) is 4.37. The molecule has 4 nitrogen and oxygen atoms in total. The van der Waals surface area contributed by atoms with Crippen molar-refractivity contribution in [2.75, 3.05) is 18.4 Å². The first-order valence-electron chi connectivity index (χ1n) is 8.73. The molecule has 126 valence electrons. The van der Waals surface area contributed by atoms with Crippen LogP contribution in [0, 0.1) is 18.8 Å². The Morgan fingerprint density at radius 3 is 2.88 bits per heavy atom. The quantitative estimate of drug-likeness (QED) is 0.896. The Bertz CT molecular complexity index is 779. The Kier molecular flexibility index (Phi) is 4.14. The number of aromatic nitrogens is 1. The molecule has 2 N–H and O–H groups in total. The van der Waals surface area contributed by atoms with Crippen LogP contribution in [0.5, 0.6) is 0 Å². The van der Waals surface area contributed by atoms with E-state index < -0.39 is 0 Å². The molecule has 0 radical (unpaired) electrons. The van der Waals surface area contributed by atoms with Gasteiger partial charge in [-0.05, 0) is 62.4 Å². The summed E-state index contributed by atoms with van der Waals surface area (Å²) in [5, 5.41) is 6.95. The van der Waals surface area contributed by atoms with Gasteiger partial charge in [-0.1, -0.05) is 19.1 Å². The van der Waals surface area contributed by atoms with Crippen molar-refractivity contribution in [3.05, 3.63) is 34.2 Å². The second-order valence-corrected chi connectivity index (χ2v) is 8.16. The molecule has 0 bridgehead atoms. The van der Waals surface area contributed by atoms with Gasteiger partial charge in [0.05, 0.1) is 5.69 Å². The summed E-state index contributed by atoms with van der Waals surface area (Å²) in [6, 6.07) is 6.68. The summed E-state index contributed by atoms with van der Waals surface area (Å²) in [5.74, 6) is 0.553. The highest BCUT2D eigenvalue weighted by Gasteiger charge is 2.29. The Morgan fingerprint density at radius 1 is 1.33 bits per heavy atom. The highest BCUT2D eigenvalue weighted by Crippen LogP contribution is 2.33. The van der Waals surface area contributed by atoms with Crippen molar-refractivity contribution in [2.24, 2.45) is 11.8 Å². The Balaban J connectivity index is 1.53. The van der Waals surface area contributed by atoms with Crippen molar-refractivity contribution in [3.63, 3.8) is 0 Å². The number of carbonyl (C=O) groups excluding carboxylic acids is 1. The molecule has 1 fully saturated rings. The van der Waals surface area contributed by atoms with Crippen LogP contribution in [0.2, 0.25) is 0 Å². The van der Waals surface area contributed by atoms with Crippen molar-refractivity contribution in [1.29, 1.82) is 0 Å². The number of rotatable bonds is 4. The SMILES string of the molecule is Cc1sc(NC(=O)C(C)C2CNC2)nc1-c1ccc2c(c1)CCC2. The van der Waals surface area contributed by atoms with E-state index in [0.29, 0.717) is 11.0 Å². The lowest BCUT2D eigenvalue weighted by atomic mass is 9.88. The largest absolute Gasteiger partial charge is 0.316 e. The highest BCUT2D eigenvalue weighted by molar-refractivity contribution is 7.16. The lowest BCUT2D eigenvalue weighted by Gasteiger charge is -2.31. The Hall–Kier alpha value is -1.72. The van der Waals surface area contributed by atoms with Gasteiger partial charge in [-0.3, -0.25) is 4.79 Å². The third-order valence-corrected chi connectivity index (χ3v) is 6.22. The van der Waals surface area contributed by atoms with Crippen molar-refractivity contribution in [2.45, 2.75) is 33.1 Å². The van der Waals surface area contributed by atoms with Gasteiger partial charge < -0.3 is 10.6 Å². The van der Waals surface area contributed by atoms with E-state index in [2.05, 4.69) is 35.8 Å². The summed E-state index contributed by atoms with van der Waals surface area (Å²) in [7, 11) is 0. The zero-order chi connectivity index (χ0) is 16.7. The van der Waals surface area contributed by atoms with Crippen LogP contribution in [0.25, 0.3) is 11.3 Å². The predicted molar refractivity (Wildman–Crippen MR) is 98.5 cm³/mol. The maximum atomic E-state index is 12.4. The maximum Gasteiger partial charge on any atom is 0.229 e. The average Bonchev–Trinajstić information content (AvgIpc) is 3.10. The Morgan fingerprint density at radius 2 is 2.12 bits per heavy atom. The van der Waals surface area contributed by atoms with Crippen LogP contribution in [-0.4, -0.2) is 24.0 Å². The molecular weight excluding hydrogens is 318 g/mol. The van der Waals surface area contributed by atoms with Crippen LogP contribution < -0.4 is 10.6 Å². The summed E-state index contributed by atoms with van der Waals surface area (Å²) in [4.78, 5) is 18.2. The van der Waals surface area contributed by atoms with Crippen LogP contribution in [0.4, 0.5) is 5.13 Å². The minimum absolute atomic E-state index is 0.0268. The number of benzene rings is 1. The van der Waals surface area contributed by atoms with Gasteiger partial charge in [0, 0.05) is 16.4 Å². The van der Waals surface area contributed by atoms with E-state index in [0.717, 1.165) is 23.7 Å². The van der Waals surface area contributed by atoms with Crippen LogP contribution in [0.15, 0.2) is 18.2 Å². The first-order chi connectivity index (χ1) is 11.6. The second kappa shape index (κ2) is 6.30. The lowest BCUT2D eigenvalue weighted by Crippen LogP contribution is -2.48. The van der Waals surface area contributed by atoms with Crippen LogP contribution in [-0.2, 0) is 17.6 Å². The minimum atomic E-state index is 0.0268. The van der Waals surface area contributed by atoms with E-state index >= 15 is 0 Å². The van der Waals surface area contributed by atoms with Crippen molar-refractivity contribution in [3.8, 4) is 11.3 Å². The first kappa shape index (κ1) is 15.8. The normalized spacial score (nSPS) is 18.1. The number of hydrogen-bond acceptors (Lipinski definition) is 4. The molecular formula is C19H23N3OS. The molecule has 2 aliphatic rings. The molecule has 1 aliphatic carbocycles. The van der Waals surface area contributed by atoms with Crippen LogP contribution >= 0.6 is 11.3 Å². The Labute approximate surface area is 146 Å². The van der Waals surface area contributed by atoms with Crippen molar-refractivity contribution < 1.29 is 4.79 Å². The molecule has 1 aromatic carbocycles. The average molecular weight is 341 g/mol. The maximum absolute atomic E-state index is 12.4. The van der Waals surface area contributed by atoms with E-state index in [1.807, 2.05) is 6.92 Å². The molecule has 1 amide bonds. The van der Waals surface area contributed by atoms with E-state index in [1.165, 1.54) is 36.0 Å². The number of nitrogens with one attached hydrogen (secondary N) is 2. The number of anilines is 1.